The zero-order valence-electron chi connectivity index (χ0n) is 15.6. The summed E-state index contributed by atoms with van der Waals surface area (Å²) in [4.78, 5) is 11.4. The fourth-order valence-electron chi connectivity index (χ4n) is 2.98. The molecule has 0 radical (unpaired) electrons. The van der Waals surface area contributed by atoms with E-state index >= 15 is 0 Å². The van der Waals surface area contributed by atoms with Crippen molar-refractivity contribution in [3.63, 3.8) is 0 Å². The van der Waals surface area contributed by atoms with Crippen LogP contribution in [0, 0.1) is 11.6 Å². The van der Waals surface area contributed by atoms with Gasteiger partial charge < -0.3 is 5.73 Å². The minimum Gasteiger partial charge on any atom is -0.369 e. The molecular formula is C18H12ClF5N4O3S. The molecule has 0 aliphatic carbocycles. The number of carbonyl (C=O) groups excluding carboxylic acids is 1. The van der Waals surface area contributed by atoms with Crippen LogP contribution in [0.5, 0.6) is 0 Å². The minimum atomic E-state index is -4.74. The number of hydrogen-bond acceptors (Lipinski definition) is 4. The largest absolute Gasteiger partial charge is 0.419 e. The van der Waals surface area contributed by atoms with Crippen molar-refractivity contribution >= 4 is 27.5 Å². The fourth-order valence-corrected chi connectivity index (χ4v) is 4.00. The zero-order chi connectivity index (χ0) is 24.0. The Morgan fingerprint density at radius 3 is 2.28 bits per heavy atom. The molecule has 0 aliphatic rings. The summed E-state index contributed by atoms with van der Waals surface area (Å²) < 4.78 is 90.7. The highest BCUT2D eigenvalue weighted by Crippen LogP contribution is 2.35. The number of nitrogens with zero attached hydrogens (tertiary/aromatic N) is 2. The molecule has 0 aliphatic heterocycles. The van der Waals surface area contributed by atoms with E-state index in [0.29, 0.717) is 29.2 Å². The van der Waals surface area contributed by atoms with Crippen molar-refractivity contribution in [1.29, 1.82) is 0 Å². The fraction of sp³-hybridized carbons (Fsp3) is 0.111. The molecule has 1 heterocycles. The third-order valence-corrected chi connectivity index (χ3v) is 5.68. The zero-order valence-corrected chi connectivity index (χ0v) is 17.1. The van der Waals surface area contributed by atoms with E-state index in [1.165, 1.54) is 0 Å². The van der Waals surface area contributed by atoms with Crippen LogP contribution in [0.25, 0.3) is 5.69 Å². The van der Waals surface area contributed by atoms with Gasteiger partial charge in [-0.2, -0.15) is 18.3 Å². The average Bonchev–Trinajstić information content (AvgIpc) is 3.15. The number of sulfonamides is 1. The van der Waals surface area contributed by atoms with Gasteiger partial charge in [-0.05, 0) is 35.4 Å². The van der Waals surface area contributed by atoms with Crippen molar-refractivity contribution in [1.82, 2.24) is 9.78 Å². The third kappa shape index (κ3) is 4.59. The van der Waals surface area contributed by atoms with Gasteiger partial charge in [0.15, 0.2) is 11.6 Å². The molecule has 1 atom stereocenters. The molecule has 1 aromatic heterocycles. The molecule has 2 aromatic carbocycles. The topological polar surface area (TPSA) is 121 Å². The lowest BCUT2D eigenvalue weighted by atomic mass is 9.90. The second kappa shape index (κ2) is 8.15. The molecule has 4 N–H and O–H groups in total. The van der Waals surface area contributed by atoms with E-state index in [1.54, 1.807) is 0 Å². The maximum absolute atomic E-state index is 13.7. The van der Waals surface area contributed by atoms with Gasteiger partial charge in [-0.25, -0.2) is 27.0 Å². The number of benzene rings is 2. The summed E-state index contributed by atoms with van der Waals surface area (Å²) in [5, 5.41) is 8.34. The summed E-state index contributed by atoms with van der Waals surface area (Å²) in [5.74, 6) is -5.25. The van der Waals surface area contributed by atoms with Crippen molar-refractivity contribution < 1.29 is 35.2 Å². The molecule has 0 bridgehead atoms. The van der Waals surface area contributed by atoms with E-state index < -0.39 is 50.1 Å². The first kappa shape index (κ1) is 23.6. The molecule has 170 valence electrons. The van der Waals surface area contributed by atoms with Crippen LogP contribution in [0.4, 0.5) is 22.0 Å². The highest BCUT2D eigenvalue weighted by molar-refractivity contribution is 7.89. The lowest BCUT2D eigenvalue weighted by Gasteiger charge is -2.18. The Morgan fingerprint density at radius 2 is 1.75 bits per heavy atom. The van der Waals surface area contributed by atoms with E-state index in [2.05, 4.69) is 5.10 Å². The number of halogens is 6. The molecule has 0 saturated carbocycles. The monoisotopic (exact) mass is 494 g/mol. The second-order valence-corrected chi connectivity index (χ2v) is 8.50. The normalized spacial score (nSPS) is 13.2. The number of nitrogens with two attached hydrogens (primary N) is 2. The minimum absolute atomic E-state index is 0.138. The first-order valence-corrected chi connectivity index (χ1v) is 10.4. The molecule has 0 saturated heterocycles. The lowest BCUT2D eigenvalue weighted by Crippen LogP contribution is -2.24. The van der Waals surface area contributed by atoms with Gasteiger partial charge in [0, 0.05) is 11.2 Å². The van der Waals surface area contributed by atoms with Crippen LogP contribution >= 0.6 is 11.6 Å². The maximum atomic E-state index is 13.7. The lowest BCUT2D eigenvalue weighted by molar-refractivity contribution is -0.137. The van der Waals surface area contributed by atoms with Crippen LogP contribution in [0.3, 0.4) is 0 Å². The van der Waals surface area contributed by atoms with Crippen molar-refractivity contribution in [2.75, 3.05) is 0 Å². The van der Waals surface area contributed by atoms with Gasteiger partial charge in [0.1, 0.15) is 4.90 Å². The molecule has 1 amide bonds. The van der Waals surface area contributed by atoms with Crippen molar-refractivity contribution in [2.24, 2.45) is 10.9 Å². The van der Waals surface area contributed by atoms with Crippen LogP contribution in [0.1, 0.15) is 22.6 Å². The quantitative estimate of drug-likeness (QED) is 0.418. The summed E-state index contributed by atoms with van der Waals surface area (Å²) in [6.45, 7) is 0. The number of hydrogen-bond donors (Lipinski definition) is 2. The Balaban J connectivity index is 2.21. The van der Waals surface area contributed by atoms with Gasteiger partial charge in [0.05, 0.1) is 23.4 Å². The van der Waals surface area contributed by atoms with E-state index in [4.69, 9.17) is 22.5 Å². The Labute approximate surface area is 182 Å². The van der Waals surface area contributed by atoms with Gasteiger partial charge >= 0.3 is 6.18 Å². The number of primary sulfonamides is 1. The Bertz CT molecular complexity index is 1320. The van der Waals surface area contributed by atoms with Gasteiger partial charge in [-0.1, -0.05) is 17.7 Å². The molecule has 32 heavy (non-hydrogen) atoms. The summed E-state index contributed by atoms with van der Waals surface area (Å²) in [7, 11) is -4.56. The Kier molecular flexibility index (Phi) is 6.02. The molecule has 3 rings (SSSR count). The van der Waals surface area contributed by atoms with E-state index in [-0.39, 0.29) is 21.8 Å². The van der Waals surface area contributed by atoms with Gasteiger partial charge in [-0.3, -0.25) is 4.79 Å². The number of rotatable bonds is 5. The van der Waals surface area contributed by atoms with Crippen LogP contribution in [0.15, 0.2) is 47.6 Å². The predicted octanol–water partition coefficient (Wildman–Crippen LogP) is 3.09. The highest BCUT2D eigenvalue weighted by atomic mass is 35.5. The van der Waals surface area contributed by atoms with E-state index in [9.17, 15) is 35.2 Å². The summed E-state index contributed by atoms with van der Waals surface area (Å²) in [5.41, 5.74) is 3.48. The number of carbonyl (C=O) groups is 1. The Morgan fingerprint density at radius 1 is 1.12 bits per heavy atom. The molecule has 7 nitrogen and oxygen atoms in total. The third-order valence-electron chi connectivity index (χ3n) is 4.42. The summed E-state index contributed by atoms with van der Waals surface area (Å²) in [6.07, 6.45) is -3.71. The number of primary amides is 1. The molecular weight excluding hydrogens is 483 g/mol. The van der Waals surface area contributed by atoms with E-state index in [0.717, 1.165) is 18.2 Å². The second-order valence-electron chi connectivity index (χ2n) is 6.57. The van der Waals surface area contributed by atoms with Gasteiger partial charge in [0.2, 0.25) is 15.9 Å². The molecule has 0 fully saturated rings. The van der Waals surface area contributed by atoms with Crippen molar-refractivity contribution in [3.05, 3.63) is 76.1 Å². The number of aromatic nitrogens is 2. The van der Waals surface area contributed by atoms with Crippen molar-refractivity contribution in [3.8, 4) is 5.69 Å². The predicted molar refractivity (Wildman–Crippen MR) is 102 cm³/mol. The first-order valence-electron chi connectivity index (χ1n) is 8.43. The molecule has 3 aromatic rings. The standard InChI is InChI=1S/C18H12ClF5N4O3S/c19-11-5-13(21)12(20)4-10(11)16(17(25)29)8-1-2-14(15(3-8)32(26,30)31)28-7-9(6-27-28)18(22,23)24/h1-7,16H,(H2,25,29)(H2,26,30,31). The highest BCUT2D eigenvalue weighted by Gasteiger charge is 2.33. The SMILES string of the molecule is NC(=O)C(c1ccc(-n2cc(C(F)(F)F)cn2)c(S(N)(=O)=O)c1)c1cc(F)c(F)cc1Cl. The van der Waals surface area contributed by atoms with Crippen LogP contribution in [0.2, 0.25) is 5.02 Å². The van der Waals surface area contributed by atoms with E-state index in [1.807, 2.05) is 0 Å². The average molecular weight is 495 g/mol. The van der Waals surface area contributed by atoms with Crippen LogP contribution in [-0.4, -0.2) is 24.1 Å². The number of amides is 1. The van der Waals surface area contributed by atoms with Gasteiger partial charge in [0.25, 0.3) is 0 Å². The summed E-state index contributed by atoms with van der Waals surface area (Å²) >= 11 is 5.91. The maximum Gasteiger partial charge on any atom is 0.419 e. The van der Waals surface area contributed by atoms with Crippen molar-refractivity contribution in [2.45, 2.75) is 17.0 Å². The van der Waals surface area contributed by atoms with Crippen LogP contribution < -0.4 is 10.9 Å². The van der Waals surface area contributed by atoms with Crippen LogP contribution in [-0.2, 0) is 21.0 Å². The number of alkyl halides is 3. The van der Waals surface area contributed by atoms with Gasteiger partial charge in [-0.15, -0.1) is 0 Å². The summed E-state index contributed by atoms with van der Waals surface area (Å²) in [6, 6.07) is 4.28. The first-order chi connectivity index (χ1) is 14.7. The molecule has 0 spiro atoms. The Hall–Kier alpha value is -3.03. The molecule has 1 unspecified atom stereocenters. The molecule has 14 heteroatoms. The smallest absolute Gasteiger partial charge is 0.369 e.